The molecule has 1 aromatic rings. The molecule has 1 aromatic carbocycles. The van der Waals surface area contributed by atoms with Crippen molar-refractivity contribution in [1.82, 2.24) is 5.32 Å². The third kappa shape index (κ3) is 4.15. The van der Waals surface area contributed by atoms with Crippen LogP contribution in [-0.4, -0.2) is 32.1 Å². The first-order valence-electron chi connectivity index (χ1n) is 9.39. The van der Waals surface area contributed by atoms with E-state index >= 15 is 0 Å². The fraction of sp³-hybridized carbons (Fsp3) is 0.455. The van der Waals surface area contributed by atoms with E-state index in [9.17, 15) is 9.59 Å². The quantitative estimate of drug-likeness (QED) is 0.591. The number of hydrogen-bond acceptors (Lipinski definition) is 5. The minimum atomic E-state index is -0.492. The molecule has 0 fully saturated rings. The molecule has 1 aliphatic carbocycles. The number of ether oxygens (including phenoxy) is 2. The van der Waals surface area contributed by atoms with Crippen LogP contribution in [0.5, 0.6) is 0 Å². The smallest absolute Gasteiger partial charge is 0.336 e. The second-order valence-electron chi connectivity index (χ2n) is 8.11. The van der Waals surface area contributed by atoms with Gasteiger partial charge in [-0.05, 0) is 36.5 Å². The number of carbonyl (C=O) groups excluding carboxylic acids is 2. The third-order valence-electron chi connectivity index (χ3n) is 5.16. The van der Waals surface area contributed by atoms with Gasteiger partial charge in [-0.2, -0.15) is 0 Å². The average Bonchev–Trinajstić information content (AvgIpc) is 2.59. The summed E-state index contributed by atoms with van der Waals surface area (Å²) < 4.78 is 10.4. The highest BCUT2D eigenvalue weighted by Crippen LogP contribution is 2.47. The predicted molar refractivity (Wildman–Crippen MR) is 108 cm³/mol. The number of carbonyl (C=O) groups is 2. The molecule has 6 heteroatoms. The highest BCUT2D eigenvalue weighted by molar-refractivity contribution is 6.30. The van der Waals surface area contributed by atoms with Crippen LogP contribution in [0.15, 0.2) is 46.8 Å². The molecule has 0 spiro atoms. The Kier molecular flexibility index (Phi) is 5.96. The Bertz CT molecular complexity index is 869. The van der Waals surface area contributed by atoms with Crippen molar-refractivity contribution >= 4 is 23.4 Å². The molecule has 5 nitrogen and oxygen atoms in total. The molecule has 0 unspecified atom stereocenters. The zero-order valence-electron chi connectivity index (χ0n) is 16.7. The maximum absolute atomic E-state index is 13.1. The molecule has 0 saturated heterocycles. The van der Waals surface area contributed by atoms with Gasteiger partial charge in [0.1, 0.15) is 6.61 Å². The third-order valence-corrected chi connectivity index (χ3v) is 5.40. The number of methoxy groups -OCH3 is 1. The van der Waals surface area contributed by atoms with Gasteiger partial charge in [0.25, 0.3) is 0 Å². The van der Waals surface area contributed by atoms with Gasteiger partial charge in [0.15, 0.2) is 5.78 Å². The maximum atomic E-state index is 13.1. The highest BCUT2D eigenvalue weighted by atomic mass is 35.5. The fourth-order valence-corrected chi connectivity index (χ4v) is 4.22. The first kappa shape index (κ1) is 20.6. The van der Waals surface area contributed by atoms with Crippen LogP contribution in [0.4, 0.5) is 0 Å². The lowest BCUT2D eigenvalue weighted by Crippen LogP contribution is -2.38. The number of rotatable bonds is 5. The molecule has 0 amide bonds. The standard InChI is InChI=1S/C22H26ClNO4/c1-13-18(21(26)28-9-8-27-4)19(14-6-5-7-15(23)10-14)20-16(24-13)11-22(2,3)12-17(20)25/h5-7,10,19,24H,8-9,11-12H2,1-4H3/t19-/m0/s1. The SMILES string of the molecule is COCCOC(=O)C1=C(C)NC2=C(C(=O)CC(C)(C)C2)[C@H]1c1cccc(Cl)c1. The molecule has 1 atom stereocenters. The van der Waals surface area contributed by atoms with Gasteiger partial charge in [-0.15, -0.1) is 0 Å². The Balaban J connectivity index is 2.09. The lowest BCUT2D eigenvalue weighted by molar-refractivity contribution is -0.140. The predicted octanol–water partition coefficient (Wildman–Crippen LogP) is 4.13. The van der Waals surface area contributed by atoms with E-state index in [2.05, 4.69) is 19.2 Å². The Morgan fingerprint density at radius 2 is 2.04 bits per heavy atom. The zero-order valence-corrected chi connectivity index (χ0v) is 17.5. The average molecular weight is 404 g/mol. The van der Waals surface area contributed by atoms with Crippen LogP contribution < -0.4 is 5.32 Å². The van der Waals surface area contributed by atoms with Crippen LogP contribution in [0.25, 0.3) is 0 Å². The van der Waals surface area contributed by atoms with Gasteiger partial charge in [0.2, 0.25) is 0 Å². The number of Topliss-reactive ketones (excluding diaryl/α,β-unsaturated/α-hetero) is 1. The monoisotopic (exact) mass is 403 g/mol. The van der Waals surface area contributed by atoms with Crippen molar-refractivity contribution in [3.05, 3.63) is 57.4 Å². The number of nitrogens with one attached hydrogen (secondary N) is 1. The summed E-state index contributed by atoms with van der Waals surface area (Å²) in [5, 5.41) is 3.88. The van der Waals surface area contributed by atoms with Crippen LogP contribution in [0.3, 0.4) is 0 Å². The summed E-state index contributed by atoms with van der Waals surface area (Å²) in [6, 6.07) is 7.32. The lowest BCUT2D eigenvalue weighted by Gasteiger charge is -2.39. The van der Waals surface area contributed by atoms with Gasteiger partial charge in [-0.3, -0.25) is 4.79 Å². The van der Waals surface area contributed by atoms with Crippen molar-refractivity contribution < 1.29 is 19.1 Å². The minimum Gasteiger partial charge on any atom is -0.460 e. The molecule has 2 aliphatic rings. The van der Waals surface area contributed by atoms with Gasteiger partial charge in [0.05, 0.1) is 12.2 Å². The summed E-state index contributed by atoms with van der Waals surface area (Å²) >= 11 is 6.22. The van der Waals surface area contributed by atoms with Crippen molar-refractivity contribution in [2.75, 3.05) is 20.3 Å². The molecule has 28 heavy (non-hydrogen) atoms. The fourth-order valence-electron chi connectivity index (χ4n) is 4.02. The normalized spacial score (nSPS) is 21.3. The first-order valence-corrected chi connectivity index (χ1v) is 9.77. The van der Waals surface area contributed by atoms with E-state index in [1.807, 2.05) is 25.1 Å². The second kappa shape index (κ2) is 8.10. The largest absolute Gasteiger partial charge is 0.460 e. The lowest BCUT2D eigenvalue weighted by atomic mass is 9.68. The van der Waals surface area contributed by atoms with E-state index in [0.29, 0.717) is 34.9 Å². The number of hydrogen-bond donors (Lipinski definition) is 1. The first-order chi connectivity index (χ1) is 13.2. The van der Waals surface area contributed by atoms with Gasteiger partial charge < -0.3 is 14.8 Å². The van der Waals surface area contributed by atoms with E-state index in [-0.39, 0.29) is 17.8 Å². The molecule has 1 aliphatic heterocycles. The summed E-state index contributed by atoms with van der Waals surface area (Å²) in [6.45, 7) is 6.48. The molecule has 0 radical (unpaired) electrons. The summed E-state index contributed by atoms with van der Waals surface area (Å²) in [7, 11) is 1.55. The summed E-state index contributed by atoms with van der Waals surface area (Å²) in [4.78, 5) is 26.0. The number of allylic oxidation sites excluding steroid dienone is 3. The van der Waals surface area contributed by atoms with Crippen LogP contribution >= 0.6 is 11.6 Å². The number of esters is 1. The Hall–Kier alpha value is -2.11. The summed E-state index contributed by atoms with van der Waals surface area (Å²) in [5.41, 5.74) is 3.37. The Labute approximate surface area is 170 Å². The molecule has 0 aromatic heterocycles. The molecule has 0 saturated carbocycles. The van der Waals surface area contributed by atoms with E-state index in [1.165, 1.54) is 0 Å². The molecule has 3 rings (SSSR count). The van der Waals surface area contributed by atoms with Crippen LogP contribution in [0.1, 0.15) is 45.1 Å². The highest BCUT2D eigenvalue weighted by Gasteiger charge is 2.43. The van der Waals surface area contributed by atoms with Crippen LogP contribution in [-0.2, 0) is 19.1 Å². The van der Waals surface area contributed by atoms with Crippen molar-refractivity contribution in [2.24, 2.45) is 5.41 Å². The number of ketones is 1. The number of dihydropyridines is 1. The molecule has 0 bridgehead atoms. The second-order valence-corrected chi connectivity index (χ2v) is 8.55. The topological polar surface area (TPSA) is 64.6 Å². The zero-order chi connectivity index (χ0) is 20.5. The van der Waals surface area contributed by atoms with Gasteiger partial charge in [0, 0.05) is 41.4 Å². The van der Waals surface area contributed by atoms with Crippen LogP contribution in [0.2, 0.25) is 5.02 Å². The van der Waals surface area contributed by atoms with Crippen molar-refractivity contribution in [2.45, 2.75) is 39.5 Å². The van der Waals surface area contributed by atoms with E-state index < -0.39 is 11.9 Å². The molecular formula is C22H26ClNO4. The van der Waals surface area contributed by atoms with Gasteiger partial charge >= 0.3 is 5.97 Å². The van der Waals surface area contributed by atoms with Gasteiger partial charge in [-0.1, -0.05) is 37.6 Å². The van der Waals surface area contributed by atoms with Gasteiger partial charge in [-0.25, -0.2) is 4.79 Å². The maximum Gasteiger partial charge on any atom is 0.336 e. The molecular weight excluding hydrogens is 378 g/mol. The Morgan fingerprint density at radius 3 is 2.71 bits per heavy atom. The summed E-state index contributed by atoms with van der Waals surface area (Å²) in [6.07, 6.45) is 1.18. The Morgan fingerprint density at radius 1 is 1.29 bits per heavy atom. The minimum absolute atomic E-state index is 0.0541. The molecule has 150 valence electrons. The number of halogens is 1. The van der Waals surface area contributed by atoms with Crippen LogP contribution in [0, 0.1) is 5.41 Å². The summed E-state index contributed by atoms with van der Waals surface area (Å²) in [5.74, 6) is -0.886. The van der Waals surface area contributed by atoms with E-state index in [1.54, 1.807) is 13.2 Å². The van der Waals surface area contributed by atoms with Crippen molar-refractivity contribution in [3.63, 3.8) is 0 Å². The van der Waals surface area contributed by atoms with E-state index in [0.717, 1.165) is 17.7 Å². The van der Waals surface area contributed by atoms with Crippen molar-refractivity contribution in [1.29, 1.82) is 0 Å². The van der Waals surface area contributed by atoms with E-state index in [4.69, 9.17) is 21.1 Å². The number of benzene rings is 1. The molecule has 1 N–H and O–H groups in total. The van der Waals surface area contributed by atoms with Crippen molar-refractivity contribution in [3.8, 4) is 0 Å². The molecule has 1 heterocycles.